The summed E-state index contributed by atoms with van der Waals surface area (Å²) in [5.74, 6) is 0.817. The summed E-state index contributed by atoms with van der Waals surface area (Å²) in [6, 6.07) is 9.73. The minimum atomic E-state index is -0.0729. The lowest BCUT2D eigenvalue weighted by atomic mass is 10.2. The van der Waals surface area contributed by atoms with Crippen molar-refractivity contribution in [1.29, 1.82) is 0 Å². The van der Waals surface area contributed by atoms with Gasteiger partial charge in [-0.3, -0.25) is 0 Å². The number of hydrogen-bond donors (Lipinski definition) is 2. The van der Waals surface area contributed by atoms with Gasteiger partial charge >= 0.3 is 0 Å². The van der Waals surface area contributed by atoms with Gasteiger partial charge in [0.25, 0.3) is 0 Å². The maximum atomic E-state index is 9.62. The highest BCUT2D eigenvalue weighted by atomic mass is 16.3. The summed E-state index contributed by atoms with van der Waals surface area (Å²) < 4.78 is 1.81. The van der Waals surface area contributed by atoms with Crippen molar-refractivity contribution >= 4 is 5.82 Å². The smallest absolute Gasteiger partial charge is 0.138 e. The molecule has 1 aromatic carbocycles. The summed E-state index contributed by atoms with van der Waals surface area (Å²) in [6.07, 6.45) is 0. The van der Waals surface area contributed by atoms with Crippen molar-refractivity contribution in [2.75, 3.05) is 18.6 Å². The molecule has 108 valence electrons. The first kappa shape index (κ1) is 14.6. The van der Waals surface area contributed by atoms with E-state index in [9.17, 15) is 10.2 Å². The Labute approximate surface area is 119 Å². The molecule has 5 nitrogen and oxygen atoms in total. The van der Waals surface area contributed by atoms with Crippen LogP contribution < -0.4 is 4.90 Å². The summed E-state index contributed by atoms with van der Waals surface area (Å²) in [7, 11) is 1.90. The Morgan fingerprint density at radius 1 is 1.25 bits per heavy atom. The fourth-order valence-electron chi connectivity index (χ4n) is 2.18. The second-order valence-electron chi connectivity index (χ2n) is 4.94. The maximum Gasteiger partial charge on any atom is 0.138 e. The van der Waals surface area contributed by atoms with E-state index >= 15 is 0 Å². The van der Waals surface area contributed by atoms with E-state index in [4.69, 9.17) is 0 Å². The van der Waals surface area contributed by atoms with Crippen molar-refractivity contribution in [2.24, 2.45) is 0 Å². The highest BCUT2D eigenvalue weighted by Crippen LogP contribution is 2.27. The van der Waals surface area contributed by atoms with Gasteiger partial charge in [0.05, 0.1) is 30.6 Å². The molecule has 2 N–H and O–H groups in total. The average molecular weight is 275 g/mol. The summed E-state index contributed by atoms with van der Waals surface area (Å²) >= 11 is 0. The van der Waals surface area contributed by atoms with Crippen LogP contribution in [-0.2, 0) is 6.61 Å². The summed E-state index contributed by atoms with van der Waals surface area (Å²) in [5, 5.41) is 23.5. The molecule has 20 heavy (non-hydrogen) atoms. The molecule has 0 aliphatic heterocycles. The van der Waals surface area contributed by atoms with Crippen LogP contribution in [0.25, 0.3) is 5.69 Å². The SMILES string of the molecule is Cc1nn(-c2ccccc2)c(N(C)C(C)CO)c1CO. The number of aryl methyl sites for hydroxylation is 1. The van der Waals surface area contributed by atoms with E-state index < -0.39 is 0 Å². The van der Waals surface area contributed by atoms with E-state index in [-0.39, 0.29) is 19.3 Å². The van der Waals surface area contributed by atoms with E-state index in [1.54, 1.807) is 0 Å². The van der Waals surface area contributed by atoms with Gasteiger partial charge in [0.2, 0.25) is 0 Å². The molecule has 0 aliphatic rings. The van der Waals surface area contributed by atoms with E-state index in [2.05, 4.69) is 5.10 Å². The van der Waals surface area contributed by atoms with Crippen LogP contribution in [0, 0.1) is 6.92 Å². The average Bonchev–Trinajstić information content (AvgIpc) is 2.83. The Hall–Kier alpha value is -1.85. The first-order valence-electron chi connectivity index (χ1n) is 6.68. The zero-order chi connectivity index (χ0) is 14.7. The third kappa shape index (κ3) is 2.55. The second-order valence-corrected chi connectivity index (χ2v) is 4.94. The van der Waals surface area contributed by atoms with E-state index in [0.717, 1.165) is 22.8 Å². The van der Waals surface area contributed by atoms with Gasteiger partial charge < -0.3 is 15.1 Å². The molecule has 0 saturated heterocycles. The van der Waals surface area contributed by atoms with Crippen LogP contribution in [0.4, 0.5) is 5.82 Å². The number of para-hydroxylation sites is 1. The lowest BCUT2D eigenvalue weighted by Crippen LogP contribution is -2.34. The minimum absolute atomic E-state index is 0.0420. The quantitative estimate of drug-likeness (QED) is 0.868. The molecular formula is C15H21N3O2. The highest BCUT2D eigenvalue weighted by Gasteiger charge is 2.21. The molecule has 1 atom stereocenters. The third-order valence-corrected chi connectivity index (χ3v) is 3.58. The maximum absolute atomic E-state index is 9.62. The topological polar surface area (TPSA) is 61.5 Å². The van der Waals surface area contributed by atoms with Crippen molar-refractivity contribution < 1.29 is 10.2 Å². The molecule has 0 aliphatic carbocycles. The summed E-state index contributed by atoms with van der Waals surface area (Å²) in [6.45, 7) is 3.78. The Morgan fingerprint density at radius 2 is 1.90 bits per heavy atom. The molecule has 0 bridgehead atoms. The van der Waals surface area contributed by atoms with E-state index in [1.165, 1.54) is 0 Å². The van der Waals surface area contributed by atoms with Gasteiger partial charge in [0, 0.05) is 12.6 Å². The first-order chi connectivity index (χ1) is 9.60. The first-order valence-corrected chi connectivity index (χ1v) is 6.68. The highest BCUT2D eigenvalue weighted by molar-refractivity contribution is 5.55. The molecule has 0 radical (unpaired) electrons. The molecule has 2 aromatic rings. The van der Waals surface area contributed by atoms with Crippen molar-refractivity contribution in [3.8, 4) is 5.69 Å². The number of anilines is 1. The van der Waals surface area contributed by atoms with Crippen LogP contribution in [0.1, 0.15) is 18.2 Å². The lowest BCUT2D eigenvalue weighted by Gasteiger charge is -2.27. The van der Waals surface area contributed by atoms with Crippen LogP contribution in [0.2, 0.25) is 0 Å². The second kappa shape index (κ2) is 6.07. The van der Waals surface area contributed by atoms with Crippen LogP contribution >= 0.6 is 0 Å². The molecule has 2 rings (SSSR count). The van der Waals surface area contributed by atoms with Gasteiger partial charge in [-0.1, -0.05) is 18.2 Å². The zero-order valence-electron chi connectivity index (χ0n) is 12.1. The van der Waals surface area contributed by atoms with E-state index in [1.807, 2.05) is 60.8 Å². The molecular weight excluding hydrogens is 254 g/mol. The monoisotopic (exact) mass is 275 g/mol. The van der Waals surface area contributed by atoms with Crippen LogP contribution in [0.3, 0.4) is 0 Å². The molecule has 1 aromatic heterocycles. The third-order valence-electron chi connectivity index (χ3n) is 3.58. The molecule has 5 heteroatoms. The Morgan fingerprint density at radius 3 is 2.45 bits per heavy atom. The van der Waals surface area contributed by atoms with Crippen molar-refractivity contribution in [1.82, 2.24) is 9.78 Å². The number of benzene rings is 1. The number of rotatable bonds is 5. The predicted octanol–water partition coefficient (Wildman–Crippen LogP) is 1.49. The molecule has 0 amide bonds. The number of aliphatic hydroxyl groups excluding tert-OH is 2. The van der Waals surface area contributed by atoms with Gasteiger partial charge in [-0.05, 0) is 26.0 Å². The number of likely N-dealkylation sites (N-methyl/N-ethyl adjacent to an activating group) is 1. The molecule has 1 unspecified atom stereocenters. The van der Waals surface area contributed by atoms with Crippen LogP contribution in [0.15, 0.2) is 30.3 Å². The zero-order valence-corrected chi connectivity index (χ0v) is 12.1. The van der Waals surface area contributed by atoms with Gasteiger partial charge in [0.1, 0.15) is 5.82 Å². The minimum Gasteiger partial charge on any atom is -0.394 e. The Bertz CT molecular complexity index is 566. The van der Waals surface area contributed by atoms with E-state index in [0.29, 0.717) is 0 Å². The molecule has 1 heterocycles. The number of aromatic nitrogens is 2. The Kier molecular flexibility index (Phi) is 4.42. The number of nitrogens with zero attached hydrogens (tertiary/aromatic N) is 3. The van der Waals surface area contributed by atoms with Crippen LogP contribution in [-0.4, -0.2) is 39.7 Å². The fraction of sp³-hybridized carbons (Fsp3) is 0.400. The standard InChI is InChI=1S/C15H21N3O2/c1-11(9-19)17(3)15-14(10-20)12(2)16-18(15)13-7-5-4-6-8-13/h4-8,11,19-20H,9-10H2,1-3H3. The summed E-state index contributed by atoms with van der Waals surface area (Å²) in [4.78, 5) is 1.94. The normalized spacial score (nSPS) is 12.4. The van der Waals surface area contributed by atoms with Crippen molar-refractivity contribution in [2.45, 2.75) is 26.5 Å². The fourth-order valence-corrected chi connectivity index (χ4v) is 2.18. The summed E-state index contributed by atoms with van der Waals surface area (Å²) in [5.41, 5.74) is 2.52. The molecule has 0 spiro atoms. The van der Waals surface area contributed by atoms with Gasteiger partial charge in [0.15, 0.2) is 0 Å². The van der Waals surface area contributed by atoms with Crippen molar-refractivity contribution in [3.63, 3.8) is 0 Å². The molecule has 0 fully saturated rings. The van der Waals surface area contributed by atoms with Crippen molar-refractivity contribution in [3.05, 3.63) is 41.6 Å². The molecule has 0 saturated carbocycles. The van der Waals surface area contributed by atoms with Gasteiger partial charge in [-0.25, -0.2) is 4.68 Å². The Balaban J connectivity index is 2.58. The largest absolute Gasteiger partial charge is 0.394 e. The predicted molar refractivity (Wildman–Crippen MR) is 79.2 cm³/mol. The number of aliphatic hydroxyl groups is 2. The van der Waals surface area contributed by atoms with Gasteiger partial charge in [-0.15, -0.1) is 0 Å². The van der Waals surface area contributed by atoms with Crippen LogP contribution in [0.5, 0.6) is 0 Å². The number of hydrogen-bond acceptors (Lipinski definition) is 4. The van der Waals surface area contributed by atoms with Gasteiger partial charge in [-0.2, -0.15) is 5.10 Å². The lowest BCUT2D eigenvalue weighted by molar-refractivity contribution is 0.266.